The summed E-state index contributed by atoms with van der Waals surface area (Å²) in [6.07, 6.45) is 5.49. The normalized spacial score (nSPS) is 32.8. The highest BCUT2D eigenvalue weighted by atomic mass is 16.2. The molecule has 0 radical (unpaired) electrons. The maximum Gasteiger partial charge on any atom is 0.224 e. The lowest BCUT2D eigenvalue weighted by molar-refractivity contribution is -0.125. The fourth-order valence-electron chi connectivity index (χ4n) is 4.70. The zero-order valence-electron chi connectivity index (χ0n) is 14.2. The Kier molecular flexibility index (Phi) is 4.83. The lowest BCUT2D eigenvalue weighted by Gasteiger charge is -2.24. The van der Waals surface area contributed by atoms with Gasteiger partial charge in [-0.2, -0.15) is 0 Å². The van der Waals surface area contributed by atoms with Crippen molar-refractivity contribution in [2.75, 3.05) is 19.6 Å². The number of hydrogen-bond donors (Lipinski definition) is 3. The van der Waals surface area contributed by atoms with Gasteiger partial charge in [0.1, 0.15) is 0 Å². The molecule has 3 aliphatic heterocycles. The molecule has 3 saturated heterocycles. The molecule has 3 aliphatic rings. The molecule has 1 aromatic rings. The Balaban J connectivity index is 1.37. The molecule has 3 N–H and O–H groups in total. The Hall–Kier alpha value is -1.43. The molecule has 1 aromatic carbocycles. The van der Waals surface area contributed by atoms with Gasteiger partial charge in [-0.25, -0.2) is 0 Å². The first kappa shape index (κ1) is 16.1. The Bertz CT molecular complexity index is 558. The monoisotopic (exact) mass is 328 g/mol. The van der Waals surface area contributed by atoms with E-state index in [2.05, 4.69) is 51.4 Å². The first-order valence-corrected chi connectivity index (χ1v) is 9.40. The first-order chi connectivity index (χ1) is 11.8. The summed E-state index contributed by atoms with van der Waals surface area (Å²) in [5.41, 5.74) is 7.77. The molecule has 5 nitrogen and oxygen atoms in total. The average Bonchev–Trinajstić information content (AvgIpc) is 3.33. The van der Waals surface area contributed by atoms with Gasteiger partial charge in [0.25, 0.3) is 0 Å². The molecule has 1 unspecified atom stereocenters. The summed E-state index contributed by atoms with van der Waals surface area (Å²) in [6.45, 7) is 2.93. The molecule has 4 rings (SSSR count). The molecule has 0 aromatic heterocycles. The van der Waals surface area contributed by atoms with Crippen molar-refractivity contribution < 1.29 is 4.79 Å². The Morgan fingerprint density at radius 3 is 2.92 bits per heavy atom. The highest BCUT2D eigenvalue weighted by molar-refractivity contribution is 5.80. The van der Waals surface area contributed by atoms with Crippen LogP contribution >= 0.6 is 0 Å². The SMILES string of the molecule is O=C(NCCC1CCNN1)[C@@H]1C[C@H](c2ccccc2)N2CCC[C@@H]12. The molecular weight excluding hydrogens is 300 g/mol. The second-order valence-electron chi connectivity index (χ2n) is 7.35. The second kappa shape index (κ2) is 7.21. The largest absolute Gasteiger partial charge is 0.356 e. The Labute approximate surface area is 144 Å². The highest BCUT2D eigenvalue weighted by Gasteiger charge is 2.46. The van der Waals surface area contributed by atoms with Gasteiger partial charge in [-0.1, -0.05) is 30.3 Å². The molecule has 0 bridgehead atoms. The Morgan fingerprint density at radius 2 is 2.12 bits per heavy atom. The van der Waals surface area contributed by atoms with Gasteiger partial charge in [-0.3, -0.25) is 20.5 Å². The molecule has 0 spiro atoms. The second-order valence-corrected chi connectivity index (χ2v) is 7.35. The van der Waals surface area contributed by atoms with E-state index in [-0.39, 0.29) is 11.8 Å². The molecule has 1 amide bonds. The number of rotatable bonds is 5. The van der Waals surface area contributed by atoms with E-state index in [9.17, 15) is 4.79 Å². The quantitative estimate of drug-likeness (QED) is 0.768. The number of amides is 1. The molecule has 3 fully saturated rings. The number of carbonyl (C=O) groups is 1. The van der Waals surface area contributed by atoms with E-state index in [1.165, 1.54) is 12.0 Å². The van der Waals surface area contributed by atoms with Crippen molar-refractivity contribution in [3.05, 3.63) is 35.9 Å². The zero-order chi connectivity index (χ0) is 16.4. The van der Waals surface area contributed by atoms with Crippen molar-refractivity contribution in [2.24, 2.45) is 5.92 Å². The number of hydrazine groups is 1. The smallest absolute Gasteiger partial charge is 0.224 e. The van der Waals surface area contributed by atoms with Gasteiger partial charge in [-0.05, 0) is 44.2 Å². The van der Waals surface area contributed by atoms with Crippen LogP contribution in [0.15, 0.2) is 30.3 Å². The van der Waals surface area contributed by atoms with Crippen molar-refractivity contribution >= 4 is 5.91 Å². The summed E-state index contributed by atoms with van der Waals surface area (Å²) in [7, 11) is 0. The fourth-order valence-corrected chi connectivity index (χ4v) is 4.70. The predicted molar refractivity (Wildman–Crippen MR) is 94.2 cm³/mol. The molecule has 24 heavy (non-hydrogen) atoms. The van der Waals surface area contributed by atoms with Crippen LogP contribution in [0.4, 0.5) is 0 Å². The summed E-state index contributed by atoms with van der Waals surface area (Å²) in [5, 5.41) is 3.20. The maximum absolute atomic E-state index is 12.8. The van der Waals surface area contributed by atoms with Gasteiger partial charge in [0.15, 0.2) is 0 Å². The van der Waals surface area contributed by atoms with Gasteiger partial charge < -0.3 is 5.32 Å². The standard InChI is InChI=1S/C19H28N4O/c24-19(20-10-8-15-9-11-21-22-15)16-13-18(14-5-2-1-3-6-14)23-12-4-7-17(16)23/h1-3,5-6,15-18,21-22H,4,7-13H2,(H,20,24)/t15?,16-,17+,18-/m1/s1. The topological polar surface area (TPSA) is 56.4 Å². The number of nitrogens with one attached hydrogen (secondary N) is 3. The molecule has 5 heteroatoms. The minimum Gasteiger partial charge on any atom is -0.356 e. The molecule has 130 valence electrons. The van der Waals surface area contributed by atoms with E-state index < -0.39 is 0 Å². The van der Waals surface area contributed by atoms with Crippen LogP contribution in [-0.4, -0.2) is 42.5 Å². The van der Waals surface area contributed by atoms with Crippen LogP contribution in [-0.2, 0) is 4.79 Å². The van der Waals surface area contributed by atoms with Gasteiger partial charge in [0.2, 0.25) is 5.91 Å². The minimum atomic E-state index is 0.146. The van der Waals surface area contributed by atoms with Crippen molar-refractivity contribution in [3.63, 3.8) is 0 Å². The van der Waals surface area contributed by atoms with Gasteiger partial charge >= 0.3 is 0 Å². The third-order valence-corrected chi connectivity index (χ3v) is 5.92. The lowest BCUT2D eigenvalue weighted by Crippen LogP contribution is -2.39. The summed E-state index contributed by atoms with van der Waals surface area (Å²) in [6, 6.07) is 12.0. The van der Waals surface area contributed by atoms with Crippen LogP contribution in [0.5, 0.6) is 0 Å². The number of hydrogen-bond acceptors (Lipinski definition) is 4. The van der Waals surface area contributed by atoms with Gasteiger partial charge in [-0.15, -0.1) is 0 Å². The number of benzene rings is 1. The van der Waals surface area contributed by atoms with Gasteiger partial charge in [0, 0.05) is 31.2 Å². The van der Waals surface area contributed by atoms with Crippen molar-refractivity contribution in [3.8, 4) is 0 Å². The maximum atomic E-state index is 12.8. The zero-order valence-corrected chi connectivity index (χ0v) is 14.2. The molecule has 0 aliphatic carbocycles. The van der Waals surface area contributed by atoms with Crippen LogP contribution in [0.3, 0.4) is 0 Å². The van der Waals surface area contributed by atoms with E-state index >= 15 is 0 Å². The first-order valence-electron chi connectivity index (χ1n) is 9.40. The number of carbonyl (C=O) groups excluding carboxylic acids is 1. The number of nitrogens with zero attached hydrogens (tertiary/aromatic N) is 1. The van der Waals surface area contributed by atoms with E-state index in [1.807, 2.05) is 0 Å². The molecular formula is C19H28N4O. The van der Waals surface area contributed by atoms with Crippen LogP contribution < -0.4 is 16.2 Å². The summed E-state index contributed by atoms with van der Waals surface area (Å²) in [4.78, 5) is 15.3. The van der Waals surface area contributed by atoms with Crippen LogP contribution in [0.2, 0.25) is 0 Å². The Morgan fingerprint density at radius 1 is 1.25 bits per heavy atom. The van der Waals surface area contributed by atoms with Crippen molar-refractivity contribution in [2.45, 2.75) is 50.2 Å². The molecule has 0 saturated carbocycles. The lowest BCUT2D eigenvalue weighted by atomic mass is 9.93. The van der Waals surface area contributed by atoms with Crippen LogP contribution in [0.25, 0.3) is 0 Å². The third-order valence-electron chi connectivity index (χ3n) is 5.92. The van der Waals surface area contributed by atoms with E-state index in [1.54, 1.807) is 0 Å². The van der Waals surface area contributed by atoms with Crippen LogP contribution in [0.1, 0.15) is 43.7 Å². The third kappa shape index (κ3) is 3.21. The minimum absolute atomic E-state index is 0.146. The molecule has 3 heterocycles. The summed E-state index contributed by atoms with van der Waals surface area (Å²) < 4.78 is 0. The number of fused-ring (bicyclic) bond motifs is 1. The summed E-state index contributed by atoms with van der Waals surface area (Å²) >= 11 is 0. The average molecular weight is 328 g/mol. The summed E-state index contributed by atoms with van der Waals surface area (Å²) in [5.74, 6) is 0.406. The van der Waals surface area contributed by atoms with Crippen molar-refractivity contribution in [1.29, 1.82) is 0 Å². The van der Waals surface area contributed by atoms with Gasteiger partial charge in [0.05, 0.1) is 5.92 Å². The van der Waals surface area contributed by atoms with E-state index in [0.717, 1.165) is 45.3 Å². The highest BCUT2D eigenvalue weighted by Crippen LogP contribution is 2.44. The fraction of sp³-hybridized carbons (Fsp3) is 0.632. The van der Waals surface area contributed by atoms with Crippen molar-refractivity contribution in [1.82, 2.24) is 21.1 Å². The van der Waals surface area contributed by atoms with E-state index in [0.29, 0.717) is 18.1 Å². The van der Waals surface area contributed by atoms with Crippen LogP contribution in [0, 0.1) is 5.92 Å². The predicted octanol–water partition coefficient (Wildman–Crippen LogP) is 1.58. The van der Waals surface area contributed by atoms with E-state index in [4.69, 9.17) is 0 Å². The molecule has 4 atom stereocenters.